The van der Waals surface area contributed by atoms with E-state index in [9.17, 15) is 14.4 Å². The van der Waals surface area contributed by atoms with Crippen molar-refractivity contribution in [2.45, 2.75) is 20.8 Å². The third kappa shape index (κ3) is 4.92. The van der Waals surface area contributed by atoms with Gasteiger partial charge in [0.1, 0.15) is 0 Å². The zero-order valence-corrected chi connectivity index (χ0v) is 15.3. The van der Waals surface area contributed by atoms with Crippen LogP contribution in [0.3, 0.4) is 0 Å². The van der Waals surface area contributed by atoms with Crippen molar-refractivity contribution >= 4 is 29.2 Å². The Kier molecular flexibility index (Phi) is 5.77. The molecule has 2 rings (SSSR count). The number of benzene rings is 2. The lowest BCUT2D eigenvalue weighted by Crippen LogP contribution is -2.27. The minimum atomic E-state index is -0.513. The molecule has 2 aromatic rings. The zero-order chi connectivity index (χ0) is 19.3. The van der Waals surface area contributed by atoms with Crippen molar-refractivity contribution < 1.29 is 19.1 Å². The van der Waals surface area contributed by atoms with Crippen LogP contribution in [0.1, 0.15) is 41.5 Å². The number of anilines is 2. The Morgan fingerprint density at radius 1 is 0.846 bits per heavy atom. The van der Waals surface area contributed by atoms with Gasteiger partial charge >= 0.3 is 5.97 Å². The fraction of sp³-hybridized carbons (Fsp3) is 0.250. The Labute approximate surface area is 152 Å². The van der Waals surface area contributed by atoms with Gasteiger partial charge < -0.3 is 15.4 Å². The standard InChI is InChI=1S/C20H22N2O4/c1-20(2,3)19(25)22-16-7-5-6-15(12-16)21-17(23)13-8-10-14(11-9-13)18(24)26-4/h5-12H,1-4H3,(H,21,23)(H,22,25). The number of rotatable bonds is 4. The van der Waals surface area contributed by atoms with Crippen molar-refractivity contribution in [3.63, 3.8) is 0 Å². The van der Waals surface area contributed by atoms with Crippen LogP contribution < -0.4 is 10.6 Å². The highest BCUT2D eigenvalue weighted by atomic mass is 16.5. The van der Waals surface area contributed by atoms with Crippen molar-refractivity contribution in [3.05, 3.63) is 59.7 Å². The summed E-state index contributed by atoms with van der Waals surface area (Å²) in [5, 5.41) is 5.59. The topological polar surface area (TPSA) is 84.5 Å². The summed E-state index contributed by atoms with van der Waals surface area (Å²) in [6.07, 6.45) is 0. The number of carbonyl (C=O) groups excluding carboxylic acids is 3. The summed E-state index contributed by atoms with van der Waals surface area (Å²) in [7, 11) is 1.30. The van der Waals surface area contributed by atoms with Crippen LogP contribution in [0.2, 0.25) is 0 Å². The normalized spacial score (nSPS) is 10.8. The predicted octanol–water partition coefficient (Wildman–Crippen LogP) is 3.71. The first kappa shape index (κ1) is 19.2. The SMILES string of the molecule is COC(=O)c1ccc(C(=O)Nc2cccc(NC(=O)C(C)(C)C)c2)cc1. The highest BCUT2D eigenvalue weighted by Gasteiger charge is 2.21. The number of nitrogens with one attached hydrogen (secondary N) is 2. The van der Waals surface area contributed by atoms with Gasteiger partial charge in [-0.3, -0.25) is 9.59 Å². The summed E-state index contributed by atoms with van der Waals surface area (Å²) in [6, 6.07) is 13.1. The number of hydrogen-bond acceptors (Lipinski definition) is 4. The van der Waals surface area contributed by atoms with Crippen LogP contribution >= 0.6 is 0 Å². The molecule has 0 atom stereocenters. The first-order valence-corrected chi connectivity index (χ1v) is 8.12. The van der Waals surface area contributed by atoms with Crippen molar-refractivity contribution in [1.82, 2.24) is 0 Å². The molecule has 2 aromatic carbocycles. The van der Waals surface area contributed by atoms with Crippen molar-refractivity contribution in [1.29, 1.82) is 0 Å². The van der Waals surface area contributed by atoms with Gasteiger partial charge in [-0.25, -0.2) is 4.79 Å². The third-order valence-electron chi connectivity index (χ3n) is 3.63. The quantitative estimate of drug-likeness (QED) is 0.820. The van der Waals surface area contributed by atoms with E-state index in [4.69, 9.17) is 0 Å². The molecule has 2 N–H and O–H groups in total. The molecule has 0 aliphatic heterocycles. The van der Waals surface area contributed by atoms with Gasteiger partial charge in [0.2, 0.25) is 5.91 Å². The number of esters is 1. The Morgan fingerprint density at radius 3 is 1.92 bits per heavy atom. The second kappa shape index (κ2) is 7.82. The molecule has 0 fully saturated rings. The molecule has 0 saturated heterocycles. The van der Waals surface area contributed by atoms with Crippen LogP contribution in [0.25, 0.3) is 0 Å². The number of carbonyl (C=O) groups is 3. The molecule has 26 heavy (non-hydrogen) atoms. The largest absolute Gasteiger partial charge is 0.465 e. The van der Waals surface area contributed by atoms with E-state index >= 15 is 0 Å². The van der Waals surface area contributed by atoms with Gasteiger partial charge in [-0.15, -0.1) is 0 Å². The van der Waals surface area contributed by atoms with Gasteiger partial charge in [-0.2, -0.15) is 0 Å². The molecule has 0 heterocycles. The molecular weight excluding hydrogens is 332 g/mol. The lowest BCUT2D eigenvalue weighted by atomic mass is 9.95. The smallest absolute Gasteiger partial charge is 0.337 e. The summed E-state index contributed by atoms with van der Waals surface area (Å²) in [5.41, 5.74) is 1.42. The van der Waals surface area contributed by atoms with E-state index < -0.39 is 11.4 Å². The monoisotopic (exact) mass is 354 g/mol. The van der Waals surface area contributed by atoms with Crippen LogP contribution in [-0.2, 0) is 9.53 Å². The van der Waals surface area contributed by atoms with E-state index in [1.165, 1.54) is 19.2 Å². The molecular formula is C20H22N2O4. The average Bonchev–Trinajstić information content (AvgIpc) is 2.60. The van der Waals surface area contributed by atoms with Gasteiger partial charge in [0.25, 0.3) is 5.91 Å². The third-order valence-corrected chi connectivity index (χ3v) is 3.63. The summed E-state index contributed by atoms with van der Waals surface area (Å²) in [6.45, 7) is 5.48. The second-order valence-electron chi connectivity index (χ2n) is 6.81. The number of hydrogen-bond donors (Lipinski definition) is 2. The van der Waals surface area contributed by atoms with E-state index in [2.05, 4.69) is 15.4 Å². The van der Waals surface area contributed by atoms with Crippen LogP contribution in [0.4, 0.5) is 11.4 Å². The van der Waals surface area contributed by atoms with Crippen LogP contribution in [-0.4, -0.2) is 24.9 Å². The Balaban J connectivity index is 2.08. The molecule has 2 amide bonds. The summed E-state index contributed by atoms with van der Waals surface area (Å²) in [5.74, 6) is -0.890. The fourth-order valence-electron chi connectivity index (χ4n) is 2.07. The van der Waals surface area contributed by atoms with Crippen LogP contribution in [0.5, 0.6) is 0 Å². The highest BCUT2D eigenvalue weighted by molar-refractivity contribution is 6.05. The molecule has 0 aromatic heterocycles. The maximum atomic E-state index is 12.3. The molecule has 0 bridgehead atoms. The van der Waals surface area contributed by atoms with Gasteiger partial charge in [0, 0.05) is 22.4 Å². The minimum Gasteiger partial charge on any atom is -0.465 e. The average molecular weight is 354 g/mol. The molecule has 6 nitrogen and oxygen atoms in total. The molecule has 136 valence electrons. The highest BCUT2D eigenvalue weighted by Crippen LogP contribution is 2.20. The van der Waals surface area contributed by atoms with Gasteiger partial charge in [-0.05, 0) is 42.5 Å². The van der Waals surface area contributed by atoms with E-state index in [0.29, 0.717) is 22.5 Å². The molecule has 0 saturated carbocycles. The molecule has 0 aliphatic carbocycles. The first-order chi connectivity index (χ1) is 12.2. The number of methoxy groups -OCH3 is 1. The Hall–Kier alpha value is -3.15. The van der Waals surface area contributed by atoms with Crippen LogP contribution in [0.15, 0.2) is 48.5 Å². The first-order valence-electron chi connectivity index (χ1n) is 8.12. The van der Waals surface area contributed by atoms with Gasteiger partial charge in [0.05, 0.1) is 12.7 Å². The Bertz CT molecular complexity index is 820. The van der Waals surface area contributed by atoms with E-state index in [-0.39, 0.29) is 11.8 Å². The van der Waals surface area contributed by atoms with E-state index in [1.54, 1.807) is 36.4 Å². The van der Waals surface area contributed by atoms with Gasteiger partial charge in [0.15, 0.2) is 0 Å². The number of amides is 2. The van der Waals surface area contributed by atoms with Crippen molar-refractivity contribution in [2.24, 2.45) is 5.41 Å². The second-order valence-corrected chi connectivity index (χ2v) is 6.81. The molecule has 0 aliphatic rings. The molecule has 0 radical (unpaired) electrons. The fourth-order valence-corrected chi connectivity index (χ4v) is 2.07. The van der Waals surface area contributed by atoms with Crippen molar-refractivity contribution in [3.8, 4) is 0 Å². The molecule has 0 spiro atoms. The van der Waals surface area contributed by atoms with E-state index in [1.807, 2.05) is 20.8 Å². The maximum absolute atomic E-state index is 12.3. The van der Waals surface area contributed by atoms with E-state index in [0.717, 1.165) is 0 Å². The zero-order valence-electron chi connectivity index (χ0n) is 15.3. The molecule has 0 unspecified atom stereocenters. The number of ether oxygens (including phenoxy) is 1. The Morgan fingerprint density at radius 2 is 1.38 bits per heavy atom. The predicted molar refractivity (Wildman–Crippen MR) is 100 cm³/mol. The van der Waals surface area contributed by atoms with Gasteiger partial charge in [-0.1, -0.05) is 26.8 Å². The lowest BCUT2D eigenvalue weighted by molar-refractivity contribution is -0.123. The molecule has 6 heteroatoms. The van der Waals surface area contributed by atoms with Crippen LogP contribution in [0, 0.1) is 5.41 Å². The maximum Gasteiger partial charge on any atom is 0.337 e. The summed E-state index contributed by atoms with van der Waals surface area (Å²) < 4.78 is 4.63. The summed E-state index contributed by atoms with van der Waals surface area (Å²) >= 11 is 0. The summed E-state index contributed by atoms with van der Waals surface area (Å²) in [4.78, 5) is 35.8. The van der Waals surface area contributed by atoms with Crippen molar-refractivity contribution in [2.75, 3.05) is 17.7 Å². The minimum absolute atomic E-state index is 0.112. The lowest BCUT2D eigenvalue weighted by Gasteiger charge is -2.18.